The van der Waals surface area contributed by atoms with Gasteiger partial charge in [0.15, 0.2) is 5.17 Å². The van der Waals surface area contributed by atoms with E-state index in [2.05, 4.69) is 4.40 Å². The second-order valence-electron chi connectivity index (χ2n) is 6.69. The fourth-order valence-corrected chi connectivity index (χ4v) is 5.50. The molecule has 1 saturated heterocycles. The van der Waals surface area contributed by atoms with E-state index >= 15 is 0 Å². The van der Waals surface area contributed by atoms with Gasteiger partial charge in [-0.25, -0.2) is 0 Å². The van der Waals surface area contributed by atoms with Crippen molar-refractivity contribution in [3.63, 3.8) is 0 Å². The zero-order valence-electron chi connectivity index (χ0n) is 15.0. The number of carbonyl (C=O) groups excluding carboxylic acids is 1. The third-order valence-electron chi connectivity index (χ3n) is 4.39. The average molecular weight is 394 g/mol. The van der Waals surface area contributed by atoms with Gasteiger partial charge in [0.25, 0.3) is 15.9 Å². The van der Waals surface area contributed by atoms with Crippen LogP contribution in [0.15, 0.2) is 50.7 Å². The van der Waals surface area contributed by atoms with E-state index in [1.165, 1.54) is 12.1 Å². The van der Waals surface area contributed by atoms with Gasteiger partial charge in [-0.05, 0) is 36.7 Å². The molecule has 2 fully saturated rings. The monoisotopic (exact) mass is 393 g/mol. The summed E-state index contributed by atoms with van der Waals surface area (Å²) in [6, 6.07) is 8.13. The van der Waals surface area contributed by atoms with E-state index in [1.807, 2.05) is 14.1 Å². The van der Waals surface area contributed by atoms with Crippen molar-refractivity contribution in [1.82, 2.24) is 9.80 Å². The smallest absolute Gasteiger partial charge is 0.284 e. The van der Waals surface area contributed by atoms with Crippen molar-refractivity contribution < 1.29 is 13.2 Å². The second kappa shape index (κ2) is 7.84. The average Bonchev–Trinajstić information content (AvgIpc) is 2.90. The normalized spacial score (nSPS) is 22.4. The molecule has 3 rings (SSSR count). The van der Waals surface area contributed by atoms with Crippen molar-refractivity contribution in [2.24, 2.45) is 4.40 Å². The molecule has 0 aromatic heterocycles. The first kappa shape index (κ1) is 19.0. The Morgan fingerprint density at radius 3 is 2.42 bits per heavy atom. The number of rotatable bonds is 4. The van der Waals surface area contributed by atoms with E-state index < -0.39 is 10.0 Å². The van der Waals surface area contributed by atoms with Gasteiger partial charge in [-0.2, -0.15) is 8.42 Å². The van der Waals surface area contributed by atoms with Crippen molar-refractivity contribution in [3.05, 3.63) is 41.4 Å². The minimum atomic E-state index is -3.86. The topological polar surface area (TPSA) is 70.1 Å². The Hall–Kier alpha value is -1.80. The van der Waals surface area contributed by atoms with E-state index in [4.69, 9.17) is 0 Å². The van der Waals surface area contributed by atoms with E-state index in [-0.39, 0.29) is 22.0 Å². The predicted molar refractivity (Wildman–Crippen MR) is 104 cm³/mol. The summed E-state index contributed by atoms with van der Waals surface area (Å²) in [5.74, 6) is -0.155. The summed E-state index contributed by atoms with van der Waals surface area (Å²) in [6.07, 6.45) is 6.73. The fourth-order valence-electron chi connectivity index (χ4n) is 3.18. The summed E-state index contributed by atoms with van der Waals surface area (Å²) in [6.45, 7) is 0. The zero-order chi connectivity index (χ0) is 18.7. The van der Waals surface area contributed by atoms with E-state index in [9.17, 15) is 13.2 Å². The molecule has 1 aromatic carbocycles. The maximum atomic E-state index is 12.9. The Morgan fingerprint density at radius 1 is 1.15 bits per heavy atom. The minimum absolute atomic E-state index is 0.0153. The highest BCUT2D eigenvalue weighted by atomic mass is 32.2. The predicted octanol–water partition coefficient (Wildman–Crippen LogP) is 3.04. The maximum Gasteiger partial charge on any atom is 0.284 e. The van der Waals surface area contributed by atoms with Gasteiger partial charge in [-0.15, -0.1) is 4.40 Å². The lowest BCUT2D eigenvalue weighted by Gasteiger charge is -2.30. The lowest BCUT2D eigenvalue weighted by atomic mass is 9.94. The van der Waals surface area contributed by atoms with Crippen molar-refractivity contribution in [2.75, 3.05) is 14.1 Å². The van der Waals surface area contributed by atoms with Gasteiger partial charge in [0.1, 0.15) is 0 Å². The standard InChI is InChI=1S/C18H23N3O3S2/c1-20(2)13-16-17(22)21(14-9-5-3-6-10-14)18(25-16)19-26(23,24)15-11-7-4-8-12-15/h4,7-8,11-14H,3,5-6,9-10H2,1-2H3. The van der Waals surface area contributed by atoms with Crippen LogP contribution in [0, 0.1) is 0 Å². The van der Waals surface area contributed by atoms with E-state index in [0.29, 0.717) is 4.91 Å². The summed E-state index contributed by atoms with van der Waals surface area (Å²) in [4.78, 5) is 16.9. The highest BCUT2D eigenvalue weighted by Gasteiger charge is 2.40. The molecule has 1 heterocycles. The molecule has 0 bridgehead atoms. The van der Waals surface area contributed by atoms with Crippen LogP contribution in [-0.2, 0) is 14.8 Å². The molecule has 8 heteroatoms. The third kappa shape index (κ3) is 4.12. The summed E-state index contributed by atoms with van der Waals surface area (Å²) in [5.41, 5.74) is 0. The molecule has 1 aromatic rings. The molecule has 0 atom stereocenters. The maximum absolute atomic E-state index is 12.9. The molecule has 1 amide bonds. The Morgan fingerprint density at radius 2 is 1.81 bits per heavy atom. The molecule has 1 aliphatic heterocycles. The number of hydrogen-bond donors (Lipinski definition) is 0. The fraction of sp³-hybridized carbons (Fsp3) is 0.444. The van der Waals surface area contributed by atoms with Crippen molar-refractivity contribution in [3.8, 4) is 0 Å². The number of hydrogen-bond acceptors (Lipinski definition) is 5. The molecule has 0 radical (unpaired) electrons. The molecule has 1 aliphatic carbocycles. The molecular formula is C18H23N3O3S2. The van der Waals surface area contributed by atoms with Crippen LogP contribution >= 0.6 is 11.8 Å². The van der Waals surface area contributed by atoms with Crippen LogP contribution in [0.5, 0.6) is 0 Å². The number of sulfonamides is 1. The quantitative estimate of drug-likeness (QED) is 0.736. The van der Waals surface area contributed by atoms with Gasteiger partial charge in [-0.1, -0.05) is 37.5 Å². The van der Waals surface area contributed by atoms with E-state index in [0.717, 1.165) is 43.9 Å². The number of amidine groups is 1. The zero-order valence-corrected chi connectivity index (χ0v) is 16.6. The SMILES string of the molecule is CN(C)C=C1SC(=NS(=O)(=O)c2ccccc2)N(C2CCCCC2)C1=O. The van der Waals surface area contributed by atoms with Crippen LogP contribution in [0.4, 0.5) is 0 Å². The lowest BCUT2D eigenvalue weighted by Crippen LogP contribution is -2.40. The molecule has 1 saturated carbocycles. The van der Waals surface area contributed by atoms with Gasteiger partial charge in [-0.3, -0.25) is 9.69 Å². The Labute approximate surface area is 159 Å². The first-order valence-corrected chi connectivity index (χ1v) is 10.9. The Balaban J connectivity index is 2.00. The van der Waals surface area contributed by atoms with Gasteiger partial charge in [0.2, 0.25) is 0 Å². The molecular weight excluding hydrogens is 370 g/mol. The number of amides is 1. The largest absolute Gasteiger partial charge is 0.382 e. The summed E-state index contributed by atoms with van der Waals surface area (Å²) < 4.78 is 29.4. The Kier molecular flexibility index (Phi) is 5.72. The molecule has 2 aliphatic rings. The highest BCUT2D eigenvalue weighted by Crippen LogP contribution is 2.37. The van der Waals surface area contributed by atoms with Crippen LogP contribution < -0.4 is 0 Å². The van der Waals surface area contributed by atoms with Crippen molar-refractivity contribution in [2.45, 2.75) is 43.0 Å². The highest BCUT2D eigenvalue weighted by molar-refractivity contribution is 8.19. The summed E-state index contributed by atoms with van der Waals surface area (Å²) in [5, 5.41) is 0.263. The Bertz CT molecular complexity index is 826. The van der Waals surface area contributed by atoms with Crippen LogP contribution in [-0.4, -0.2) is 49.4 Å². The number of carbonyl (C=O) groups is 1. The third-order valence-corrected chi connectivity index (χ3v) is 6.76. The van der Waals surface area contributed by atoms with Crippen LogP contribution in [0.25, 0.3) is 0 Å². The van der Waals surface area contributed by atoms with E-state index in [1.54, 1.807) is 34.2 Å². The number of benzene rings is 1. The van der Waals surface area contributed by atoms with Crippen LogP contribution in [0.1, 0.15) is 32.1 Å². The number of nitrogens with zero attached hydrogens (tertiary/aromatic N) is 3. The van der Waals surface area contributed by atoms with Gasteiger partial charge in [0.05, 0.1) is 9.80 Å². The van der Waals surface area contributed by atoms with Crippen molar-refractivity contribution in [1.29, 1.82) is 0 Å². The molecule has 140 valence electrons. The summed E-state index contributed by atoms with van der Waals surface area (Å²) >= 11 is 1.14. The minimum Gasteiger partial charge on any atom is -0.382 e. The molecule has 0 N–H and O–H groups in total. The summed E-state index contributed by atoms with van der Waals surface area (Å²) in [7, 11) is -0.188. The van der Waals surface area contributed by atoms with Gasteiger partial charge in [0, 0.05) is 26.3 Å². The second-order valence-corrected chi connectivity index (χ2v) is 9.30. The molecule has 6 nitrogen and oxygen atoms in total. The van der Waals surface area contributed by atoms with Gasteiger partial charge >= 0.3 is 0 Å². The van der Waals surface area contributed by atoms with Crippen LogP contribution in [0.2, 0.25) is 0 Å². The molecule has 0 spiro atoms. The first-order valence-electron chi connectivity index (χ1n) is 8.68. The van der Waals surface area contributed by atoms with Crippen LogP contribution in [0.3, 0.4) is 0 Å². The van der Waals surface area contributed by atoms with Gasteiger partial charge < -0.3 is 4.90 Å². The first-order chi connectivity index (χ1) is 12.4. The molecule has 26 heavy (non-hydrogen) atoms. The molecule has 0 unspecified atom stereocenters. The lowest BCUT2D eigenvalue weighted by molar-refractivity contribution is -0.124. The number of thioether (sulfide) groups is 1. The van der Waals surface area contributed by atoms with Crippen molar-refractivity contribution >= 4 is 32.9 Å².